The first-order valence-corrected chi connectivity index (χ1v) is 7.82. The van der Waals surface area contributed by atoms with Crippen LogP contribution in [0.15, 0.2) is 42.6 Å². The maximum atomic E-state index is 12.5. The van der Waals surface area contributed by atoms with Crippen LogP contribution in [0.2, 0.25) is 5.15 Å². The van der Waals surface area contributed by atoms with Gasteiger partial charge in [-0.15, -0.1) is 0 Å². The van der Waals surface area contributed by atoms with Gasteiger partial charge in [0.05, 0.1) is 11.3 Å². The SMILES string of the molecule is CC(=O)Nc1ccccc1C(=O)N[C@@H](Cc1ccc(Cl)nc1)C(N)=O. The van der Waals surface area contributed by atoms with Crippen molar-refractivity contribution in [2.75, 3.05) is 5.32 Å². The summed E-state index contributed by atoms with van der Waals surface area (Å²) in [7, 11) is 0. The predicted octanol–water partition coefficient (Wildman–Crippen LogP) is 1.52. The maximum absolute atomic E-state index is 12.5. The molecule has 3 amide bonds. The third-order valence-electron chi connectivity index (χ3n) is 3.36. The van der Waals surface area contributed by atoms with E-state index in [-0.39, 0.29) is 17.9 Å². The van der Waals surface area contributed by atoms with Crippen molar-refractivity contribution in [3.63, 3.8) is 0 Å². The lowest BCUT2D eigenvalue weighted by Crippen LogP contribution is -2.46. The number of benzene rings is 1. The smallest absolute Gasteiger partial charge is 0.254 e. The highest BCUT2D eigenvalue weighted by Crippen LogP contribution is 2.15. The van der Waals surface area contributed by atoms with E-state index in [0.29, 0.717) is 16.4 Å². The van der Waals surface area contributed by atoms with Gasteiger partial charge >= 0.3 is 0 Å². The van der Waals surface area contributed by atoms with E-state index >= 15 is 0 Å². The van der Waals surface area contributed by atoms with Crippen LogP contribution in [0.4, 0.5) is 5.69 Å². The average molecular weight is 361 g/mol. The molecule has 0 aliphatic carbocycles. The Morgan fingerprint density at radius 1 is 1.20 bits per heavy atom. The topological polar surface area (TPSA) is 114 Å². The first-order chi connectivity index (χ1) is 11.9. The molecule has 2 rings (SSSR count). The van der Waals surface area contributed by atoms with Crippen LogP contribution < -0.4 is 16.4 Å². The minimum absolute atomic E-state index is 0.174. The molecule has 1 heterocycles. The van der Waals surface area contributed by atoms with Gasteiger partial charge in [-0.25, -0.2) is 4.98 Å². The maximum Gasteiger partial charge on any atom is 0.254 e. The fraction of sp³-hybridized carbons (Fsp3) is 0.176. The van der Waals surface area contributed by atoms with Crippen LogP contribution in [0.25, 0.3) is 0 Å². The Labute approximate surface area is 149 Å². The molecule has 0 bridgehead atoms. The van der Waals surface area contributed by atoms with Crippen LogP contribution in [0.1, 0.15) is 22.8 Å². The number of aromatic nitrogens is 1. The van der Waals surface area contributed by atoms with Crippen molar-refractivity contribution in [1.29, 1.82) is 0 Å². The highest BCUT2D eigenvalue weighted by molar-refractivity contribution is 6.29. The van der Waals surface area contributed by atoms with Crippen LogP contribution in [0.5, 0.6) is 0 Å². The van der Waals surface area contributed by atoms with Crippen LogP contribution in [0, 0.1) is 0 Å². The normalized spacial score (nSPS) is 11.4. The van der Waals surface area contributed by atoms with E-state index in [1.807, 2.05) is 0 Å². The van der Waals surface area contributed by atoms with E-state index in [2.05, 4.69) is 15.6 Å². The highest BCUT2D eigenvalue weighted by atomic mass is 35.5. The molecule has 0 aliphatic rings. The Kier molecular flexibility index (Phi) is 6.08. The van der Waals surface area contributed by atoms with Crippen LogP contribution in [-0.2, 0) is 16.0 Å². The lowest BCUT2D eigenvalue weighted by molar-refractivity contribution is -0.119. The van der Waals surface area contributed by atoms with Gasteiger partial charge in [0, 0.05) is 19.5 Å². The number of amides is 3. The second-order valence-electron chi connectivity index (χ2n) is 5.35. The van der Waals surface area contributed by atoms with E-state index in [0.717, 1.165) is 0 Å². The molecule has 1 atom stereocenters. The summed E-state index contributed by atoms with van der Waals surface area (Å²) in [5, 5.41) is 5.48. The largest absolute Gasteiger partial charge is 0.368 e. The molecular formula is C17H17ClN4O3. The molecule has 0 unspecified atom stereocenters. The molecule has 0 saturated heterocycles. The van der Waals surface area contributed by atoms with Crippen molar-refractivity contribution >= 4 is 35.0 Å². The number of nitrogens with one attached hydrogen (secondary N) is 2. The van der Waals surface area contributed by atoms with Crippen molar-refractivity contribution in [3.05, 3.63) is 58.9 Å². The summed E-state index contributed by atoms with van der Waals surface area (Å²) < 4.78 is 0. The van der Waals surface area contributed by atoms with Crippen LogP contribution in [0.3, 0.4) is 0 Å². The number of carbonyl (C=O) groups is 3. The molecule has 7 nitrogen and oxygen atoms in total. The minimum Gasteiger partial charge on any atom is -0.368 e. The van der Waals surface area contributed by atoms with Crippen molar-refractivity contribution in [2.45, 2.75) is 19.4 Å². The molecule has 130 valence electrons. The number of pyridine rings is 1. The molecule has 4 N–H and O–H groups in total. The fourth-order valence-corrected chi connectivity index (χ4v) is 2.31. The lowest BCUT2D eigenvalue weighted by Gasteiger charge is -2.17. The Balaban J connectivity index is 2.17. The van der Waals surface area contributed by atoms with Gasteiger partial charge < -0.3 is 16.4 Å². The number of halogens is 1. The van der Waals surface area contributed by atoms with E-state index in [4.69, 9.17) is 17.3 Å². The number of carbonyl (C=O) groups excluding carboxylic acids is 3. The van der Waals surface area contributed by atoms with E-state index < -0.39 is 17.9 Å². The summed E-state index contributed by atoms with van der Waals surface area (Å²) in [6.45, 7) is 1.34. The molecule has 1 aromatic heterocycles. The molecule has 0 fully saturated rings. The summed E-state index contributed by atoms with van der Waals surface area (Å²) in [4.78, 5) is 39.4. The Morgan fingerprint density at radius 3 is 2.52 bits per heavy atom. The molecule has 1 aromatic carbocycles. The third-order valence-corrected chi connectivity index (χ3v) is 3.58. The quantitative estimate of drug-likeness (QED) is 0.677. The molecule has 0 saturated carbocycles. The summed E-state index contributed by atoms with van der Waals surface area (Å²) in [6.07, 6.45) is 1.68. The number of anilines is 1. The zero-order valence-corrected chi connectivity index (χ0v) is 14.2. The van der Waals surface area contributed by atoms with Gasteiger partial charge in [0.25, 0.3) is 5.91 Å². The summed E-state index contributed by atoms with van der Waals surface area (Å²) >= 11 is 5.73. The van der Waals surface area contributed by atoms with E-state index in [1.54, 1.807) is 36.4 Å². The zero-order chi connectivity index (χ0) is 18.4. The van der Waals surface area contributed by atoms with Crippen LogP contribution in [-0.4, -0.2) is 28.7 Å². The molecule has 0 aliphatic heterocycles. The van der Waals surface area contributed by atoms with Crippen LogP contribution >= 0.6 is 11.6 Å². The number of rotatable bonds is 6. The Morgan fingerprint density at radius 2 is 1.92 bits per heavy atom. The standard InChI is InChI=1S/C17H17ClN4O3/c1-10(23)21-13-5-3-2-4-12(13)17(25)22-14(16(19)24)8-11-6-7-15(18)20-9-11/h2-7,9,14H,8H2,1H3,(H2,19,24)(H,21,23)(H,22,25)/t14-/m0/s1. The first kappa shape index (κ1) is 18.4. The average Bonchev–Trinajstić information content (AvgIpc) is 2.56. The monoisotopic (exact) mass is 360 g/mol. The molecule has 2 aromatic rings. The predicted molar refractivity (Wildman–Crippen MR) is 94.1 cm³/mol. The number of nitrogens with two attached hydrogens (primary N) is 1. The molecule has 0 radical (unpaired) electrons. The van der Waals surface area contributed by atoms with Gasteiger partial charge in [0.2, 0.25) is 11.8 Å². The van der Waals surface area contributed by atoms with Crippen molar-refractivity contribution < 1.29 is 14.4 Å². The number of nitrogens with zero attached hydrogens (tertiary/aromatic N) is 1. The molecule has 8 heteroatoms. The molecule has 25 heavy (non-hydrogen) atoms. The van der Waals surface area contributed by atoms with Gasteiger partial charge in [-0.05, 0) is 23.8 Å². The first-order valence-electron chi connectivity index (χ1n) is 7.44. The molecular weight excluding hydrogens is 344 g/mol. The minimum atomic E-state index is -0.930. The van der Waals surface area contributed by atoms with Crippen molar-refractivity contribution in [1.82, 2.24) is 10.3 Å². The van der Waals surface area contributed by atoms with Gasteiger partial charge in [-0.3, -0.25) is 14.4 Å². The van der Waals surface area contributed by atoms with E-state index in [9.17, 15) is 14.4 Å². The van der Waals surface area contributed by atoms with Gasteiger partial charge in [-0.2, -0.15) is 0 Å². The third kappa shape index (κ3) is 5.29. The second kappa shape index (κ2) is 8.25. The summed E-state index contributed by atoms with van der Waals surface area (Å²) in [6, 6.07) is 8.84. The highest BCUT2D eigenvalue weighted by Gasteiger charge is 2.21. The Bertz CT molecular complexity index is 793. The van der Waals surface area contributed by atoms with Crippen molar-refractivity contribution in [3.8, 4) is 0 Å². The van der Waals surface area contributed by atoms with Gasteiger partial charge in [0.1, 0.15) is 11.2 Å². The second-order valence-corrected chi connectivity index (χ2v) is 5.74. The zero-order valence-electron chi connectivity index (χ0n) is 13.5. The lowest BCUT2D eigenvalue weighted by atomic mass is 10.1. The van der Waals surface area contributed by atoms with E-state index in [1.165, 1.54) is 13.1 Å². The Hall–Kier alpha value is -2.93. The number of hydrogen-bond donors (Lipinski definition) is 3. The van der Waals surface area contributed by atoms with Crippen molar-refractivity contribution in [2.24, 2.45) is 5.73 Å². The van der Waals surface area contributed by atoms with Gasteiger partial charge in [-0.1, -0.05) is 29.8 Å². The van der Waals surface area contributed by atoms with Gasteiger partial charge in [0.15, 0.2) is 0 Å². The summed E-state index contributed by atoms with van der Waals surface area (Å²) in [5.41, 5.74) is 6.67. The fourth-order valence-electron chi connectivity index (χ4n) is 2.20. The summed E-state index contributed by atoms with van der Waals surface area (Å²) in [5.74, 6) is -1.51. The number of para-hydroxylation sites is 1. The number of primary amides is 1. The molecule has 0 spiro atoms. The number of hydrogen-bond acceptors (Lipinski definition) is 4.